The maximum absolute atomic E-state index is 12.4. The molecule has 0 saturated heterocycles. The van der Waals surface area contributed by atoms with E-state index in [2.05, 4.69) is 28.4 Å². The van der Waals surface area contributed by atoms with Crippen molar-refractivity contribution in [3.8, 4) is 6.07 Å². The first-order valence-corrected chi connectivity index (χ1v) is 7.89. The normalized spacial score (nSPS) is 25.6. The number of anilines is 1. The van der Waals surface area contributed by atoms with Crippen molar-refractivity contribution in [2.24, 2.45) is 10.9 Å². The van der Waals surface area contributed by atoms with Gasteiger partial charge in [0.2, 0.25) is 11.9 Å². The van der Waals surface area contributed by atoms with Crippen LogP contribution in [-0.4, -0.2) is 24.0 Å². The van der Waals surface area contributed by atoms with Gasteiger partial charge >= 0.3 is 0 Å². The fraction of sp³-hybridized carbons (Fsp3) is 0.471. The summed E-state index contributed by atoms with van der Waals surface area (Å²) >= 11 is 0. The summed E-state index contributed by atoms with van der Waals surface area (Å²) < 4.78 is 0. The van der Waals surface area contributed by atoms with Gasteiger partial charge in [-0.15, -0.1) is 0 Å². The van der Waals surface area contributed by atoms with E-state index >= 15 is 0 Å². The number of hydrogen-bond acceptors (Lipinski definition) is 4. The lowest BCUT2D eigenvalue weighted by Gasteiger charge is -2.36. The minimum atomic E-state index is -0.656. The molecule has 0 radical (unpaired) electrons. The van der Waals surface area contributed by atoms with Gasteiger partial charge < -0.3 is 4.90 Å². The predicted octanol–water partition coefficient (Wildman–Crippen LogP) is 1.99. The number of nitrogens with zero attached hydrogens (tertiary/aromatic N) is 3. The second kappa shape index (κ2) is 4.84. The Morgan fingerprint density at radius 1 is 1.32 bits per heavy atom. The first-order valence-electron chi connectivity index (χ1n) is 7.89. The molecule has 0 bridgehead atoms. The number of hydrogen-bond donors (Lipinski definition) is 1. The molecule has 1 atom stereocenters. The van der Waals surface area contributed by atoms with E-state index in [1.165, 1.54) is 5.56 Å². The first-order chi connectivity index (χ1) is 10.7. The van der Waals surface area contributed by atoms with Crippen molar-refractivity contribution >= 4 is 17.6 Å². The summed E-state index contributed by atoms with van der Waals surface area (Å²) in [5.74, 6) is -0.223. The lowest BCUT2D eigenvalue weighted by atomic mass is 9.82. The second-order valence-corrected chi connectivity index (χ2v) is 6.33. The van der Waals surface area contributed by atoms with E-state index in [4.69, 9.17) is 4.99 Å². The van der Waals surface area contributed by atoms with Gasteiger partial charge in [0.15, 0.2) is 5.92 Å². The molecule has 112 valence electrons. The van der Waals surface area contributed by atoms with Gasteiger partial charge in [0, 0.05) is 12.2 Å². The van der Waals surface area contributed by atoms with Gasteiger partial charge in [0.05, 0.1) is 11.6 Å². The average Bonchev–Trinajstić information content (AvgIpc) is 3.14. The van der Waals surface area contributed by atoms with Crippen LogP contribution in [0.25, 0.3) is 0 Å². The zero-order chi connectivity index (χ0) is 15.2. The molecule has 5 nitrogen and oxygen atoms in total. The van der Waals surface area contributed by atoms with Crippen molar-refractivity contribution in [2.75, 3.05) is 11.4 Å². The molecule has 1 aliphatic carbocycles. The van der Waals surface area contributed by atoms with Crippen LogP contribution in [0.4, 0.5) is 5.69 Å². The number of nitriles is 1. The van der Waals surface area contributed by atoms with Crippen LogP contribution < -0.4 is 10.2 Å². The monoisotopic (exact) mass is 294 g/mol. The summed E-state index contributed by atoms with van der Waals surface area (Å²) in [6, 6.07) is 10.4. The number of carbonyl (C=O) groups is 1. The first kappa shape index (κ1) is 13.3. The number of para-hydroxylation sites is 1. The zero-order valence-corrected chi connectivity index (χ0v) is 12.4. The highest BCUT2D eigenvalue weighted by molar-refractivity contribution is 6.09. The molecule has 0 unspecified atom stereocenters. The number of nitrogens with one attached hydrogen (secondary N) is 1. The van der Waals surface area contributed by atoms with Crippen LogP contribution in [0.15, 0.2) is 29.3 Å². The van der Waals surface area contributed by atoms with Crippen molar-refractivity contribution < 1.29 is 4.79 Å². The van der Waals surface area contributed by atoms with Gasteiger partial charge in [-0.2, -0.15) is 5.26 Å². The lowest BCUT2D eigenvalue weighted by molar-refractivity contribution is -0.124. The van der Waals surface area contributed by atoms with Crippen LogP contribution in [0.1, 0.15) is 31.2 Å². The quantitative estimate of drug-likeness (QED) is 0.795. The SMILES string of the molecule is N#C[C@H]1C(=O)NC(N2CCc3ccccc32)=NC12CCCC2. The van der Waals surface area contributed by atoms with Gasteiger partial charge in [-0.25, -0.2) is 4.99 Å². The molecular weight excluding hydrogens is 276 g/mol. The maximum atomic E-state index is 12.4. The van der Waals surface area contributed by atoms with E-state index in [9.17, 15) is 10.1 Å². The Bertz CT molecular complexity index is 697. The Kier molecular flexibility index (Phi) is 2.93. The molecule has 1 aromatic rings. The van der Waals surface area contributed by atoms with Gasteiger partial charge in [0.1, 0.15) is 0 Å². The summed E-state index contributed by atoms with van der Waals surface area (Å²) in [4.78, 5) is 19.4. The topological polar surface area (TPSA) is 68.5 Å². The molecule has 1 saturated carbocycles. The molecule has 4 rings (SSSR count). The lowest BCUT2D eigenvalue weighted by Crippen LogP contribution is -2.56. The number of rotatable bonds is 0. The molecule has 1 amide bonds. The minimum Gasteiger partial charge on any atom is -0.312 e. The minimum absolute atomic E-state index is 0.196. The fourth-order valence-electron chi connectivity index (χ4n) is 3.98. The highest BCUT2D eigenvalue weighted by Crippen LogP contribution is 2.42. The smallest absolute Gasteiger partial charge is 0.246 e. The van der Waals surface area contributed by atoms with E-state index < -0.39 is 11.5 Å². The van der Waals surface area contributed by atoms with E-state index in [1.54, 1.807) is 0 Å². The number of amides is 1. The predicted molar refractivity (Wildman–Crippen MR) is 83.4 cm³/mol. The number of carbonyl (C=O) groups excluding carboxylic acids is 1. The standard InChI is InChI=1S/C17H18N4O/c18-11-13-15(22)19-16(20-17(13)8-3-4-9-17)21-10-7-12-5-1-2-6-14(12)21/h1-2,5-6,13H,3-4,7-10H2,(H,19,20,22)/t13-/m0/s1. The van der Waals surface area contributed by atoms with E-state index in [0.717, 1.165) is 44.3 Å². The highest BCUT2D eigenvalue weighted by atomic mass is 16.2. The van der Waals surface area contributed by atoms with Crippen molar-refractivity contribution in [1.29, 1.82) is 5.26 Å². The van der Waals surface area contributed by atoms with Crippen LogP contribution in [0.5, 0.6) is 0 Å². The number of guanidine groups is 1. The molecule has 2 heterocycles. The van der Waals surface area contributed by atoms with Crippen molar-refractivity contribution in [3.63, 3.8) is 0 Å². The maximum Gasteiger partial charge on any atom is 0.246 e. The third-order valence-corrected chi connectivity index (χ3v) is 5.10. The van der Waals surface area contributed by atoms with Gasteiger partial charge in [-0.3, -0.25) is 10.1 Å². The van der Waals surface area contributed by atoms with Gasteiger partial charge in [0.25, 0.3) is 0 Å². The molecule has 0 aromatic heterocycles. The van der Waals surface area contributed by atoms with Crippen molar-refractivity contribution in [1.82, 2.24) is 5.32 Å². The molecule has 1 N–H and O–H groups in total. The van der Waals surface area contributed by atoms with E-state index in [-0.39, 0.29) is 5.91 Å². The Labute approximate surface area is 129 Å². The van der Waals surface area contributed by atoms with Crippen LogP contribution in [-0.2, 0) is 11.2 Å². The third kappa shape index (κ3) is 1.83. The number of fused-ring (bicyclic) bond motifs is 1. The molecule has 22 heavy (non-hydrogen) atoms. The molecule has 1 fully saturated rings. The van der Waals surface area contributed by atoms with Crippen LogP contribution in [0, 0.1) is 17.2 Å². The second-order valence-electron chi connectivity index (χ2n) is 6.33. The molecule has 1 spiro atoms. The summed E-state index contributed by atoms with van der Waals surface area (Å²) in [7, 11) is 0. The van der Waals surface area contributed by atoms with E-state index in [1.807, 2.05) is 12.1 Å². The summed E-state index contributed by atoms with van der Waals surface area (Å²) in [5.41, 5.74) is 1.89. The summed E-state index contributed by atoms with van der Waals surface area (Å²) in [6.07, 6.45) is 4.70. The third-order valence-electron chi connectivity index (χ3n) is 5.10. The summed E-state index contributed by atoms with van der Waals surface area (Å²) in [6.45, 7) is 0.825. The molecule has 5 heteroatoms. The van der Waals surface area contributed by atoms with Crippen molar-refractivity contribution in [2.45, 2.75) is 37.6 Å². The molecule has 2 aliphatic heterocycles. The van der Waals surface area contributed by atoms with Gasteiger partial charge in [-0.1, -0.05) is 31.0 Å². The average molecular weight is 294 g/mol. The molecule has 3 aliphatic rings. The molecular formula is C17H18N4O. The number of aliphatic imine (C=N–C) groups is 1. The molecule has 1 aromatic carbocycles. The zero-order valence-electron chi connectivity index (χ0n) is 12.4. The Hall–Kier alpha value is -2.35. The summed E-state index contributed by atoms with van der Waals surface area (Å²) in [5, 5.41) is 12.3. The Morgan fingerprint density at radius 3 is 2.86 bits per heavy atom. The fourth-order valence-corrected chi connectivity index (χ4v) is 3.98. The largest absolute Gasteiger partial charge is 0.312 e. The van der Waals surface area contributed by atoms with Crippen molar-refractivity contribution in [3.05, 3.63) is 29.8 Å². The van der Waals surface area contributed by atoms with Crippen LogP contribution in [0.3, 0.4) is 0 Å². The van der Waals surface area contributed by atoms with Crippen LogP contribution in [0.2, 0.25) is 0 Å². The Balaban J connectivity index is 1.75. The van der Waals surface area contributed by atoms with Gasteiger partial charge in [-0.05, 0) is 30.9 Å². The Morgan fingerprint density at radius 2 is 2.09 bits per heavy atom. The highest BCUT2D eigenvalue weighted by Gasteiger charge is 2.49. The number of benzene rings is 1. The van der Waals surface area contributed by atoms with Crippen LogP contribution >= 0.6 is 0 Å². The van der Waals surface area contributed by atoms with E-state index in [0.29, 0.717) is 5.96 Å².